The minimum atomic E-state index is -0.719. The average molecular weight is 304 g/mol. The summed E-state index contributed by atoms with van der Waals surface area (Å²) in [5.74, 6) is -0.995. The first-order valence-corrected chi connectivity index (χ1v) is 6.21. The predicted molar refractivity (Wildman–Crippen MR) is 75.5 cm³/mol. The largest absolute Gasteiger partial charge is 0.503 e. The van der Waals surface area contributed by atoms with Crippen LogP contribution in [0.2, 0.25) is 0 Å². The molecule has 0 aliphatic rings. The summed E-state index contributed by atoms with van der Waals surface area (Å²) in [6, 6.07) is 7.72. The van der Waals surface area contributed by atoms with Gasteiger partial charge in [0.2, 0.25) is 11.8 Å². The third-order valence-electron chi connectivity index (χ3n) is 2.64. The molecule has 0 amide bonds. The van der Waals surface area contributed by atoms with Gasteiger partial charge < -0.3 is 14.2 Å². The fraction of sp³-hybridized carbons (Fsp3) is 0.133. The summed E-state index contributed by atoms with van der Waals surface area (Å²) in [4.78, 5) is 19.0. The zero-order valence-corrected chi connectivity index (χ0v) is 11.9. The molecule has 0 aliphatic heterocycles. The molecule has 2 aromatic rings. The van der Waals surface area contributed by atoms with E-state index >= 15 is 0 Å². The van der Waals surface area contributed by atoms with Gasteiger partial charge in [0.1, 0.15) is 17.6 Å². The van der Waals surface area contributed by atoms with Gasteiger partial charge in [-0.3, -0.25) is 0 Å². The zero-order valence-electron chi connectivity index (χ0n) is 11.9. The highest BCUT2D eigenvalue weighted by Gasteiger charge is 2.18. The van der Waals surface area contributed by atoms with Gasteiger partial charge in [-0.2, -0.15) is 4.39 Å². The van der Waals surface area contributed by atoms with Crippen molar-refractivity contribution < 1.29 is 23.4 Å². The molecule has 6 nitrogen and oxygen atoms in total. The number of hydrogen-bond acceptors (Lipinski definition) is 6. The number of carbonyl (C=O) groups excluding carboxylic acids is 1. The molecule has 7 heteroatoms. The molecule has 0 bridgehead atoms. The van der Waals surface area contributed by atoms with E-state index in [1.807, 2.05) is 0 Å². The number of benzene rings is 1. The summed E-state index contributed by atoms with van der Waals surface area (Å²) in [6.07, 6.45) is 2.29. The Bertz CT molecular complexity index is 703. The summed E-state index contributed by atoms with van der Waals surface area (Å²) in [6.45, 7) is 0. The summed E-state index contributed by atoms with van der Waals surface area (Å²) in [7, 11) is 2.67. The number of carbonyl (C=O) groups is 1. The lowest BCUT2D eigenvalue weighted by molar-refractivity contribution is -0.133. The van der Waals surface area contributed by atoms with E-state index in [1.54, 1.807) is 24.3 Å². The minimum absolute atomic E-state index is 0.0154. The SMILES string of the molecule is CO/C=C(\C(=O)OC)c1ccccc1Oc1cc(F)ncn1. The van der Waals surface area contributed by atoms with Crippen molar-refractivity contribution in [3.05, 3.63) is 54.4 Å². The van der Waals surface area contributed by atoms with E-state index < -0.39 is 11.9 Å². The number of esters is 1. The first kappa shape index (κ1) is 15.4. The van der Waals surface area contributed by atoms with Crippen LogP contribution < -0.4 is 4.74 Å². The first-order chi connectivity index (χ1) is 10.7. The quantitative estimate of drug-likeness (QED) is 0.366. The van der Waals surface area contributed by atoms with Crippen LogP contribution in [-0.4, -0.2) is 30.2 Å². The second-order valence-corrected chi connectivity index (χ2v) is 4.04. The van der Waals surface area contributed by atoms with Gasteiger partial charge in [0.05, 0.1) is 26.5 Å². The zero-order chi connectivity index (χ0) is 15.9. The van der Waals surface area contributed by atoms with Crippen molar-refractivity contribution in [1.29, 1.82) is 0 Å². The van der Waals surface area contributed by atoms with Gasteiger partial charge in [-0.25, -0.2) is 14.8 Å². The Balaban J connectivity index is 2.41. The molecule has 0 fully saturated rings. The van der Waals surface area contributed by atoms with Crippen LogP contribution in [0.25, 0.3) is 5.57 Å². The van der Waals surface area contributed by atoms with E-state index in [4.69, 9.17) is 14.2 Å². The Morgan fingerprint density at radius 1 is 1.23 bits per heavy atom. The second-order valence-electron chi connectivity index (χ2n) is 4.04. The molecule has 0 atom stereocenters. The molecule has 1 heterocycles. The van der Waals surface area contributed by atoms with Gasteiger partial charge in [-0.1, -0.05) is 18.2 Å². The number of hydrogen-bond donors (Lipinski definition) is 0. The van der Waals surface area contributed by atoms with Gasteiger partial charge in [0.25, 0.3) is 0 Å². The lowest BCUT2D eigenvalue weighted by atomic mass is 10.1. The van der Waals surface area contributed by atoms with E-state index in [9.17, 15) is 9.18 Å². The fourth-order valence-electron chi connectivity index (χ4n) is 1.71. The Morgan fingerprint density at radius 3 is 2.68 bits per heavy atom. The van der Waals surface area contributed by atoms with Crippen LogP contribution in [-0.2, 0) is 14.3 Å². The first-order valence-electron chi connectivity index (χ1n) is 6.21. The third-order valence-corrected chi connectivity index (χ3v) is 2.64. The molecule has 0 N–H and O–H groups in total. The number of rotatable bonds is 5. The van der Waals surface area contributed by atoms with Gasteiger partial charge in [0, 0.05) is 5.56 Å². The molecule has 0 unspecified atom stereocenters. The highest BCUT2D eigenvalue weighted by Crippen LogP contribution is 2.30. The number of halogens is 1. The van der Waals surface area contributed by atoms with E-state index in [1.165, 1.54) is 20.5 Å². The molecule has 0 saturated carbocycles. The van der Waals surface area contributed by atoms with Crippen LogP contribution >= 0.6 is 0 Å². The maximum atomic E-state index is 13.1. The van der Waals surface area contributed by atoms with Gasteiger partial charge in [-0.05, 0) is 6.07 Å². The van der Waals surface area contributed by atoms with Crippen LogP contribution in [0.4, 0.5) is 4.39 Å². The van der Waals surface area contributed by atoms with Crippen molar-refractivity contribution in [3.8, 4) is 11.6 Å². The van der Waals surface area contributed by atoms with Crippen LogP contribution in [0.15, 0.2) is 42.9 Å². The summed E-state index contributed by atoms with van der Waals surface area (Å²) in [5.41, 5.74) is 0.588. The van der Waals surface area contributed by atoms with Crippen molar-refractivity contribution in [3.63, 3.8) is 0 Å². The van der Waals surface area contributed by atoms with E-state index in [2.05, 4.69) is 9.97 Å². The van der Waals surface area contributed by atoms with Gasteiger partial charge >= 0.3 is 5.97 Å². The normalized spacial score (nSPS) is 11.0. The lowest BCUT2D eigenvalue weighted by Crippen LogP contribution is -2.06. The van der Waals surface area contributed by atoms with Crippen LogP contribution in [0.3, 0.4) is 0 Å². The summed E-state index contributed by atoms with van der Waals surface area (Å²) >= 11 is 0. The van der Waals surface area contributed by atoms with Crippen LogP contribution in [0.5, 0.6) is 11.6 Å². The highest BCUT2D eigenvalue weighted by atomic mass is 19.1. The molecular weight excluding hydrogens is 291 g/mol. The lowest BCUT2D eigenvalue weighted by Gasteiger charge is -2.11. The average Bonchev–Trinajstić information content (AvgIpc) is 2.53. The van der Waals surface area contributed by atoms with E-state index in [0.717, 1.165) is 12.4 Å². The molecule has 2 rings (SSSR count). The molecule has 1 aromatic heterocycles. The predicted octanol–water partition coefficient (Wildman–Crippen LogP) is 2.57. The topological polar surface area (TPSA) is 70.5 Å². The number of para-hydroxylation sites is 1. The van der Waals surface area contributed by atoms with Gasteiger partial charge in [0.15, 0.2) is 0 Å². The maximum Gasteiger partial charge on any atom is 0.341 e. The summed E-state index contributed by atoms with van der Waals surface area (Å²) in [5, 5.41) is 0. The van der Waals surface area contributed by atoms with Crippen molar-refractivity contribution in [1.82, 2.24) is 9.97 Å². The van der Waals surface area contributed by atoms with Crippen LogP contribution in [0.1, 0.15) is 5.56 Å². The molecule has 22 heavy (non-hydrogen) atoms. The smallest absolute Gasteiger partial charge is 0.341 e. The summed E-state index contributed by atoms with van der Waals surface area (Å²) < 4.78 is 28.2. The molecular formula is C15H13FN2O4. The molecule has 0 radical (unpaired) electrons. The molecule has 0 aliphatic carbocycles. The van der Waals surface area contributed by atoms with Crippen molar-refractivity contribution in [2.45, 2.75) is 0 Å². The second kappa shape index (κ2) is 7.16. The Hall–Kier alpha value is -2.96. The fourth-order valence-corrected chi connectivity index (χ4v) is 1.71. The Kier molecular flexibility index (Phi) is 5.02. The molecule has 114 valence electrons. The Labute approximate surface area is 126 Å². The van der Waals surface area contributed by atoms with Gasteiger partial charge in [-0.15, -0.1) is 0 Å². The molecule has 0 saturated heterocycles. The highest BCUT2D eigenvalue weighted by molar-refractivity contribution is 6.17. The minimum Gasteiger partial charge on any atom is -0.503 e. The third kappa shape index (κ3) is 3.57. The number of aromatic nitrogens is 2. The van der Waals surface area contributed by atoms with E-state index in [-0.39, 0.29) is 11.5 Å². The Morgan fingerprint density at radius 2 is 2.00 bits per heavy atom. The van der Waals surface area contributed by atoms with Crippen molar-refractivity contribution >= 4 is 11.5 Å². The number of methoxy groups -OCH3 is 2. The van der Waals surface area contributed by atoms with E-state index in [0.29, 0.717) is 11.3 Å². The molecule has 0 spiro atoms. The number of nitrogens with zero attached hydrogens (tertiary/aromatic N) is 2. The van der Waals surface area contributed by atoms with Crippen molar-refractivity contribution in [2.75, 3.05) is 14.2 Å². The van der Waals surface area contributed by atoms with Crippen LogP contribution in [0, 0.1) is 5.95 Å². The molecule has 1 aromatic carbocycles. The number of ether oxygens (including phenoxy) is 3. The monoisotopic (exact) mass is 304 g/mol. The maximum absolute atomic E-state index is 13.1. The van der Waals surface area contributed by atoms with Crippen molar-refractivity contribution in [2.24, 2.45) is 0 Å². The standard InChI is InChI=1S/C15H13FN2O4/c1-20-8-11(15(19)21-2)10-5-3-4-6-12(10)22-14-7-13(16)17-9-18-14/h3-9H,1-2H3/b11-8-.